The van der Waals surface area contributed by atoms with E-state index in [1.54, 1.807) is 0 Å². The van der Waals surface area contributed by atoms with Gasteiger partial charge < -0.3 is 9.84 Å². The number of rotatable bonds is 6. The molecular weight excluding hydrogens is 376 g/mol. The van der Waals surface area contributed by atoms with E-state index in [-0.39, 0.29) is 0 Å². The van der Waals surface area contributed by atoms with Crippen molar-refractivity contribution in [3.05, 3.63) is 108 Å². The first-order chi connectivity index (χ1) is 14.6. The predicted molar refractivity (Wildman–Crippen MR) is 114 cm³/mol. The molecule has 0 amide bonds. The Bertz CT molecular complexity index is 902. The molecule has 1 N–H and O–H groups in total. The van der Waals surface area contributed by atoms with Crippen LogP contribution in [0, 0.1) is 11.8 Å². The van der Waals surface area contributed by atoms with E-state index in [0.717, 1.165) is 16.7 Å². The van der Waals surface area contributed by atoms with Crippen LogP contribution >= 0.6 is 0 Å². The molecule has 4 rings (SSSR count). The molecule has 0 aliphatic heterocycles. The van der Waals surface area contributed by atoms with Crippen molar-refractivity contribution < 1.29 is 19.4 Å². The molecule has 3 aromatic rings. The summed E-state index contributed by atoms with van der Waals surface area (Å²) in [4.78, 5) is 25.1. The third-order valence-electron chi connectivity index (χ3n) is 5.93. The first-order valence-corrected chi connectivity index (χ1v) is 10.2. The van der Waals surface area contributed by atoms with Gasteiger partial charge in [-0.05, 0) is 12.8 Å². The van der Waals surface area contributed by atoms with Crippen LogP contribution in [0.4, 0.5) is 0 Å². The second-order valence-corrected chi connectivity index (χ2v) is 7.68. The summed E-state index contributed by atoms with van der Waals surface area (Å²) in [7, 11) is 0. The number of hydrogen-bond acceptors (Lipinski definition) is 3. The van der Waals surface area contributed by atoms with Crippen LogP contribution in [0.5, 0.6) is 0 Å². The van der Waals surface area contributed by atoms with E-state index in [4.69, 9.17) is 4.74 Å². The van der Waals surface area contributed by atoms with Crippen LogP contribution in [0.2, 0.25) is 0 Å². The van der Waals surface area contributed by atoms with Crippen LogP contribution < -0.4 is 0 Å². The lowest BCUT2D eigenvalue weighted by Gasteiger charge is -2.36. The van der Waals surface area contributed by atoms with Crippen molar-refractivity contribution in [1.82, 2.24) is 0 Å². The number of carboxylic acids is 1. The zero-order valence-corrected chi connectivity index (χ0v) is 16.6. The fourth-order valence-electron chi connectivity index (χ4n) is 4.46. The highest BCUT2D eigenvalue weighted by Gasteiger charge is 2.45. The van der Waals surface area contributed by atoms with Crippen molar-refractivity contribution in [3.8, 4) is 0 Å². The molecule has 3 aromatic carbocycles. The van der Waals surface area contributed by atoms with Crippen LogP contribution in [0.1, 0.15) is 36.0 Å². The van der Waals surface area contributed by atoms with E-state index in [2.05, 4.69) is 0 Å². The third-order valence-corrected chi connectivity index (χ3v) is 5.93. The second-order valence-electron chi connectivity index (χ2n) is 7.68. The smallest absolute Gasteiger partial charge is 0.311 e. The maximum Gasteiger partial charge on any atom is 0.311 e. The molecule has 2 atom stereocenters. The lowest BCUT2D eigenvalue weighted by molar-refractivity contribution is -0.164. The number of carbonyl (C=O) groups is 2. The maximum absolute atomic E-state index is 13.4. The Labute approximate surface area is 176 Å². The molecule has 0 saturated heterocycles. The standard InChI is InChI=1S/C26H24O4/c27-24(28)22-17-10-18-23(22)25(29)30-26(19-11-4-1-5-12-19,20-13-6-2-7-14-20)21-15-8-3-9-16-21/h1-9,11-16,22-23H,10,17-18H2,(H,27,28). The summed E-state index contributed by atoms with van der Waals surface area (Å²) in [5, 5.41) is 9.57. The topological polar surface area (TPSA) is 63.6 Å². The van der Waals surface area contributed by atoms with Crippen molar-refractivity contribution in [2.45, 2.75) is 24.9 Å². The average Bonchev–Trinajstić information content (AvgIpc) is 3.30. The highest BCUT2D eigenvalue weighted by Crippen LogP contribution is 2.43. The minimum Gasteiger partial charge on any atom is -0.481 e. The van der Waals surface area contributed by atoms with Crippen molar-refractivity contribution in [2.24, 2.45) is 11.8 Å². The van der Waals surface area contributed by atoms with Crippen molar-refractivity contribution in [2.75, 3.05) is 0 Å². The first kappa shape index (κ1) is 19.9. The molecule has 0 aromatic heterocycles. The van der Waals surface area contributed by atoms with Crippen LogP contribution in [-0.4, -0.2) is 17.0 Å². The third kappa shape index (κ3) is 3.61. The number of carboxylic acid groups (broad SMARTS) is 1. The van der Waals surface area contributed by atoms with E-state index < -0.39 is 29.4 Å². The lowest BCUT2D eigenvalue weighted by atomic mass is 9.79. The summed E-state index contributed by atoms with van der Waals surface area (Å²) < 4.78 is 6.36. The Kier molecular flexibility index (Phi) is 5.66. The van der Waals surface area contributed by atoms with Crippen LogP contribution in [0.25, 0.3) is 0 Å². The van der Waals surface area contributed by atoms with Gasteiger partial charge in [-0.25, -0.2) is 0 Å². The van der Waals surface area contributed by atoms with Crippen LogP contribution in [0.3, 0.4) is 0 Å². The Hall–Kier alpha value is -3.40. The van der Waals surface area contributed by atoms with Crippen molar-refractivity contribution in [1.29, 1.82) is 0 Å². The molecule has 0 heterocycles. The molecule has 0 spiro atoms. The molecule has 4 heteroatoms. The predicted octanol–water partition coefficient (Wildman–Crippen LogP) is 5.02. The van der Waals surface area contributed by atoms with Gasteiger partial charge in [0.2, 0.25) is 0 Å². The van der Waals surface area contributed by atoms with Crippen LogP contribution in [0.15, 0.2) is 91.0 Å². The number of aliphatic carboxylic acids is 1. The van der Waals surface area contributed by atoms with E-state index in [1.807, 2.05) is 91.0 Å². The Morgan fingerprint density at radius 2 is 1.10 bits per heavy atom. The molecule has 0 radical (unpaired) electrons. The fourth-order valence-corrected chi connectivity index (χ4v) is 4.46. The summed E-state index contributed by atoms with van der Waals surface area (Å²) in [6.07, 6.45) is 1.75. The highest BCUT2D eigenvalue weighted by atomic mass is 16.6. The lowest BCUT2D eigenvalue weighted by Crippen LogP contribution is -2.39. The van der Waals surface area contributed by atoms with Gasteiger partial charge >= 0.3 is 11.9 Å². The number of benzene rings is 3. The molecular formula is C26H24O4. The zero-order valence-electron chi connectivity index (χ0n) is 16.6. The molecule has 1 aliphatic rings. The summed E-state index contributed by atoms with van der Waals surface area (Å²) in [5.74, 6) is -2.73. The Balaban J connectivity index is 1.87. The van der Waals surface area contributed by atoms with Crippen molar-refractivity contribution in [3.63, 3.8) is 0 Å². The van der Waals surface area contributed by atoms with Gasteiger partial charge in [0.1, 0.15) is 0 Å². The zero-order chi connectivity index (χ0) is 21.0. The van der Waals surface area contributed by atoms with Gasteiger partial charge in [0.15, 0.2) is 5.60 Å². The van der Waals surface area contributed by atoms with E-state index in [9.17, 15) is 14.7 Å². The van der Waals surface area contributed by atoms with Gasteiger partial charge in [-0.15, -0.1) is 0 Å². The molecule has 30 heavy (non-hydrogen) atoms. The largest absolute Gasteiger partial charge is 0.481 e. The number of carbonyl (C=O) groups excluding carboxylic acids is 1. The monoisotopic (exact) mass is 400 g/mol. The van der Waals surface area contributed by atoms with Crippen molar-refractivity contribution >= 4 is 11.9 Å². The van der Waals surface area contributed by atoms with Gasteiger partial charge in [0, 0.05) is 16.7 Å². The number of esters is 1. The maximum atomic E-state index is 13.4. The number of ether oxygens (including phenoxy) is 1. The highest BCUT2D eigenvalue weighted by molar-refractivity contribution is 5.82. The summed E-state index contributed by atoms with van der Waals surface area (Å²) in [5.41, 5.74) is 1.30. The molecule has 0 bridgehead atoms. The van der Waals surface area contributed by atoms with Gasteiger partial charge in [0.25, 0.3) is 0 Å². The summed E-state index contributed by atoms with van der Waals surface area (Å²) in [6.45, 7) is 0. The molecule has 1 aliphatic carbocycles. The molecule has 152 valence electrons. The Morgan fingerprint density at radius 3 is 1.50 bits per heavy atom. The quantitative estimate of drug-likeness (QED) is 0.466. The minimum atomic E-state index is -1.16. The summed E-state index contributed by atoms with van der Waals surface area (Å²) in [6, 6.07) is 28.9. The van der Waals surface area contributed by atoms with Crippen LogP contribution in [-0.2, 0) is 19.9 Å². The molecule has 4 nitrogen and oxygen atoms in total. The first-order valence-electron chi connectivity index (χ1n) is 10.2. The normalized spacial score (nSPS) is 18.7. The Morgan fingerprint density at radius 1 is 0.700 bits per heavy atom. The molecule has 1 fully saturated rings. The molecule has 1 saturated carbocycles. The van der Waals surface area contributed by atoms with E-state index >= 15 is 0 Å². The summed E-state index contributed by atoms with van der Waals surface area (Å²) >= 11 is 0. The average molecular weight is 400 g/mol. The molecule has 2 unspecified atom stereocenters. The van der Waals surface area contributed by atoms with Gasteiger partial charge in [-0.1, -0.05) is 97.4 Å². The van der Waals surface area contributed by atoms with Gasteiger partial charge in [-0.3, -0.25) is 9.59 Å². The van der Waals surface area contributed by atoms with E-state index in [0.29, 0.717) is 19.3 Å². The minimum absolute atomic E-state index is 0.462. The van der Waals surface area contributed by atoms with Gasteiger partial charge in [-0.2, -0.15) is 0 Å². The van der Waals surface area contributed by atoms with Gasteiger partial charge in [0.05, 0.1) is 11.8 Å². The SMILES string of the molecule is O=C(O)C1CCCC1C(=O)OC(c1ccccc1)(c1ccccc1)c1ccccc1. The van der Waals surface area contributed by atoms with E-state index in [1.165, 1.54) is 0 Å². The number of hydrogen-bond donors (Lipinski definition) is 1. The second kappa shape index (κ2) is 8.54. The fraction of sp³-hybridized carbons (Fsp3) is 0.231.